The van der Waals surface area contributed by atoms with Gasteiger partial charge in [-0.15, -0.1) is 11.8 Å². The Kier molecular flexibility index (Phi) is 8.86. The summed E-state index contributed by atoms with van der Waals surface area (Å²) in [4.78, 5) is 13.3. The van der Waals surface area contributed by atoms with Gasteiger partial charge in [0.05, 0.1) is 26.1 Å². The standard InChI is InChI=1S/C28H34O5S/c1-7-32-14-15-34-27(28(2,3)4)26(29)19-8-11-22(12-9-19)33-23-13-10-20-17-24(30-5)25(31-6)18-21(20)16-23/h8-13,16-18,27H,7,14-15H2,1-6H3. The molecule has 0 aliphatic heterocycles. The molecule has 0 spiro atoms. The van der Waals surface area contributed by atoms with Gasteiger partial charge >= 0.3 is 0 Å². The van der Waals surface area contributed by atoms with Crippen molar-refractivity contribution in [1.29, 1.82) is 0 Å². The van der Waals surface area contributed by atoms with E-state index in [0.29, 0.717) is 41.8 Å². The van der Waals surface area contributed by atoms with E-state index in [4.69, 9.17) is 18.9 Å². The van der Waals surface area contributed by atoms with Crippen molar-refractivity contribution in [3.8, 4) is 23.0 Å². The fourth-order valence-electron chi connectivity index (χ4n) is 3.68. The lowest BCUT2D eigenvalue weighted by atomic mass is 9.87. The first-order valence-electron chi connectivity index (χ1n) is 11.4. The van der Waals surface area contributed by atoms with E-state index in [9.17, 15) is 4.79 Å². The van der Waals surface area contributed by atoms with Gasteiger partial charge in [-0.2, -0.15) is 0 Å². The van der Waals surface area contributed by atoms with Crippen LogP contribution >= 0.6 is 11.8 Å². The molecule has 3 aromatic carbocycles. The lowest BCUT2D eigenvalue weighted by molar-refractivity contribution is 0.0950. The number of methoxy groups -OCH3 is 2. The number of rotatable bonds is 11. The summed E-state index contributed by atoms with van der Waals surface area (Å²) in [6.45, 7) is 9.63. The first-order chi connectivity index (χ1) is 16.3. The molecule has 0 saturated carbocycles. The van der Waals surface area contributed by atoms with E-state index < -0.39 is 0 Å². The summed E-state index contributed by atoms with van der Waals surface area (Å²) < 4.78 is 22.3. The van der Waals surface area contributed by atoms with Crippen molar-refractivity contribution in [3.63, 3.8) is 0 Å². The highest BCUT2D eigenvalue weighted by Crippen LogP contribution is 2.36. The molecule has 0 radical (unpaired) electrons. The summed E-state index contributed by atoms with van der Waals surface area (Å²) in [6, 6.07) is 17.1. The van der Waals surface area contributed by atoms with Crippen molar-refractivity contribution in [2.45, 2.75) is 32.9 Å². The minimum atomic E-state index is -0.155. The number of benzene rings is 3. The van der Waals surface area contributed by atoms with Crippen LogP contribution in [0.15, 0.2) is 54.6 Å². The molecule has 34 heavy (non-hydrogen) atoms. The molecule has 0 aliphatic rings. The molecule has 182 valence electrons. The zero-order chi connectivity index (χ0) is 24.7. The predicted octanol–water partition coefficient (Wildman–Crippen LogP) is 7.02. The highest BCUT2D eigenvalue weighted by molar-refractivity contribution is 8.00. The molecule has 6 heteroatoms. The second kappa shape index (κ2) is 11.6. The quantitative estimate of drug-likeness (QED) is 0.216. The van der Waals surface area contributed by atoms with Gasteiger partial charge in [-0.25, -0.2) is 0 Å². The van der Waals surface area contributed by atoms with E-state index in [1.54, 1.807) is 26.0 Å². The van der Waals surface area contributed by atoms with Gasteiger partial charge in [-0.1, -0.05) is 26.8 Å². The Balaban J connectivity index is 1.74. The average Bonchev–Trinajstić information content (AvgIpc) is 2.82. The third-order valence-electron chi connectivity index (χ3n) is 5.43. The third kappa shape index (κ3) is 6.45. The Morgan fingerprint density at radius 2 is 1.50 bits per heavy atom. The maximum atomic E-state index is 13.3. The van der Waals surface area contributed by atoms with Crippen molar-refractivity contribution in [2.75, 3.05) is 33.2 Å². The molecule has 0 aromatic heterocycles. The van der Waals surface area contributed by atoms with Crippen LogP contribution in [0.25, 0.3) is 10.8 Å². The van der Waals surface area contributed by atoms with Crippen LogP contribution in [0.4, 0.5) is 0 Å². The lowest BCUT2D eigenvalue weighted by Gasteiger charge is -2.29. The summed E-state index contributed by atoms with van der Waals surface area (Å²) >= 11 is 1.66. The fraction of sp³-hybridized carbons (Fsp3) is 0.393. The molecule has 0 fully saturated rings. The number of ether oxygens (including phenoxy) is 4. The first kappa shape index (κ1) is 25.9. The van der Waals surface area contributed by atoms with E-state index in [1.807, 2.05) is 61.5 Å². The van der Waals surface area contributed by atoms with E-state index >= 15 is 0 Å². The largest absolute Gasteiger partial charge is 0.493 e. The number of hydrogen-bond donors (Lipinski definition) is 0. The van der Waals surface area contributed by atoms with Crippen LogP contribution in [0.5, 0.6) is 23.0 Å². The number of fused-ring (bicyclic) bond motifs is 1. The van der Waals surface area contributed by atoms with Gasteiger partial charge in [0.25, 0.3) is 0 Å². The molecule has 5 nitrogen and oxygen atoms in total. The number of thioether (sulfide) groups is 1. The number of carbonyl (C=O) groups is 1. The second-order valence-corrected chi connectivity index (χ2v) is 10.2. The topological polar surface area (TPSA) is 54.0 Å². The SMILES string of the molecule is CCOCCSC(C(=O)c1ccc(Oc2ccc3cc(OC)c(OC)cc3c2)cc1)C(C)(C)C. The van der Waals surface area contributed by atoms with Gasteiger partial charge in [-0.05, 0) is 71.6 Å². The van der Waals surface area contributed by atoms with E-state index in [-0.39, 0.29) is 16.4 Å². The predicted molar refractivity (Wildman–Crippen MR) is 140 cm³/mol. The van der Waals surface area contributed by atoms with Crippen LogP contribution in [-0.4, -0.2) is 44.2 Å². The third-order valence-corrected chi connectivity index (χ3v) is 7.09. The van der Waals surface area contributed by atoms with Crippen molar-refractivity contribution < 1.29 is 23.7 Å². The molecular weight excluding hydrogens is 448 g/mol. The fourth-order valence-corrected chi connectivity index (χ4v) is 4.92. The van der Waals surface area contributed by atoms with Gasteiger partial charge in [0.2, 0.25) is 0 Å². The molecule has 1 unspecified atom stereocenters. The molecule has 0 N–H and O–H groups in total. The van der Waals surface area contributed by atoms with Crippen molar-refractivity contribution in [1.82, 2.24) is 0 Å². The minimum Gasteiger partial charge on any atom is -0.493 e. The smallest absolute Gasteiger partial charge is 0.176 e. The molecule has 0 bridgehead atoms. The van der Waals surface area contributed by atoms with Crippen LogP contribution in [-0.2, 0) is 4.74 Å². The Morgan fingerprint density at radius 3 is 2.09 bits per heavy atom. The second-order valence-electron chi connectivity index (χ2n) is 9.02. The van der Waals surface area contributed by atoms with Crippen LogP contribution in [0.1, 0.15) is 38.1 Å². The van der Waals surface area contributed by atoms with Crippen LogP contribution in [0, 0.1) is 5.41 Å². The molecular formula is C28H34O5S. The van der Waals surface area contributed by atoms with Crippen molar-refractivity contribution in [2.24, 2.45) is 5.41 Å². The zero-order valence-electron chi connectivity index (χ0n) is 20.8. The normalized spacial score (nSPS) is 12.4. The van der Waals surface area contributed by atoms with Gasteiger partial charge in [0, 0.05) is 17.9 Å². The number of hydrogen-bond acceptors (Lipinski definition) is 6. The van der Waals surface area contributed by atoms with E-state index in [1.165, 1.54) is 0 Å². The van der Waals surface area contributed by atoms with Crippen LogP contribution in [0.2, 0.25) is 0 Å². The zero-order valence-corrected chi connectivity index (χ0v) is 21.7. The molecule has 3 aromatic rings. The Morgan fingerprint density at radius 1 is 0.882 bits per heavy atom. The molecule has 0 aliphatic carbocycles. The molecule has 0 amide bonds. The number of ketones is 1. The molecule has 0 saturated heterocycles. The van der Waals surface area contributed by atoms with Crippen molar-refractivity contribution >= 4 is 28.3 Å². The van der Waals surface area contributed by atoms with Gasteiger partial charge in [-0.3, -0.25) is 4.79 Å². The Labute approximate surface area is 206 Å². The maximum absolute atomic E-state index is 13.3. The summed E-state index contributed by atoms with van der Waals surface area (Å²) in [5.74, 6) is 3.66. The van der Waals surface area contributed by atoms with Gasteiger partial charge in [0.1, 0.15) is 11.5 Å². The molecule has 3 rings (SSSR count). The highest BCUT2D eigenvalue weighted by atomic mass is 32.2. The Bertz CT molecular complexity index is 1100. The van der Waals surface area contributed by atoms with Crippen molar-refractivity contribution in [3.05, 3.63) is 60.2 Å². The minimum absolute atomic E-state index is 0.132. The van der Waals surface area contributed by atoms with E-state index in [2.05, 4.69) is 20.8 Å². The van der Waals surface area contributed by atoms with Crippen LogP contribution in [0.3, 0.4) is 0 Å². The molecule has 0 heterocycles. The van der Waals surface area contributed by atoms with Gasteiger partial charge in [0.15, 0.2) is 17.3 Å². The summed E-state index contributed by atoms with van der Waals surface area (Å²) in [5, 5.41) is 1.87. The Hall–Kier alpha value is -2.70. The number of carbonyl (C=O) groups excluding carboxylic acids is 1. The summed E-state index contributed by atoms with van der Waals surface area (Å²) in [6.07, 6.45) is 0. The van der Waals surface area contributed by atoms with Crippen LogP contribution < -0.4 is 14.2 Å². The average molecular weight is 483 g/mol. The summed E-state index contributed by atoms with van der Waals surface area (Å²) in [7, 11) is 3.24. The lowest BCUT2D eigenvalue weighted by Crippen LogP contribution is -2.32. The summed E-state index contributed by atoms with van der Waals surface area (Å²) in [5.41, 5.74) is 0.532. The first-order valence-corrected chi connectivity index (χ1v) is 12.5. The maximum Gasteiger partial charge on any atom is 0.176 e. The highest BCUT2D eigenvalue weighted by Gasteiger charge is 2.32. The molecule has 1 atom stereocenters. The van der Waals surface area contributed by atoms with E-state index in [0.717, 1.165) is 16.5 Å². The number of Topliss-reactive ketones (excluding diaryl/α,β-unsaturated/α-hetero) is 1. The van der Waals surface area contributed by atoms with Gasteiger partial charge < -0.3 is 18.9 Å². The monoisotopic (exact) mass is 482 g/mol.